The molecule has 1 atom stereocenters. The third kappa shape index (κ3) is 1.77. The number of para-hydroxylation sites is 2. The highest BCUT2D eigenvalue weighted by atomic mass is 16.5. The number of hydrogen-bond acceptors (Lipinski definition) is 4. The SMILES string of the molecule is NCC(O)Cn1n[n+]([O-])c2ccccc21. The summed E-state index contributed by atoms with van der Waals surface area (Å²) in [6, 6.07) is 7.04. The lowest BCUT2D eigenvalue weighted by Crippen LogP contribution is -2.32. The van der Waals surface area contributed by atoms with Gasteiger partial charge in [0, 0.05) is 6.54 Å². The number of fused-ring (bicyclic) bond motifs is 1. The van der Waals surface area contributed by atoms with Crippen LogP contribution in [0.25, 0.3) is 11.0 Å². The molecule has 1 unspecified atom stereocenters. The minimum absolute atomic E-state index is 0.146. The van der Waals surface area contributed by atoms with Crippen molar-refractivity contribution in [1.29, 1.82) is 0 Å². The van der Waals surface area contributed by atoms with Gasteiger partial charge in [0.05, 0.1) is 5.21 Å². The standard InChI is InChI=1S/C9H12N4O2/c10-5-7(14)6-12-8-3-1-2-4-9(8)13(15)11-12/h1-4,7,14H,5-6,10H2. The molecular weight excluding hydrogens is 196 g/mol. The molecule has 3 N–H and O–H groups in total. The fourth-order valence-electron chi connectivity index (χ4n) is 1.45. The second kappa shape index (κ2) is 3.84. The van der Waals surface area contributed by atoms with Gasteiger partial charge < -0.3 is 16.0 Å². The molecule has 0 fully saturated rings. The van der Waals surface area contributed by atoms with Crippen molar-refractivity contribution in [3.8, 4) is 0 Å². The summed E-state index contributed by atoms with van der Waals surface area (Å²) in [4.78, 5) is 0.540. The molecule has 0 bridgehead atoms. The van der Waals surface area contributed by atoms with Gasteiger partial charge in [0.15, 0.2) is 5.52 Å². The molecule has 0 spiro atoms. The molecule has 2 aromatic rings. The molecule has 0 radical (unpaired) electrons. The zero-order valence-electron chi connectivity index (χ0n) is 8.08. The van der Waals surface area contributed by atoms with Gasteiger partial charge >= 0.3 is 0 Å². The Morgan fingerprint density at radius 1 is 1.53 bits per heavy atom. The summed E-state index contributed by atoms with van der Waals surface area (Å²) < 4.78 is 1.46. The fourth-order valence-corrected chi connectivity index (χ4v) is 1.45. The minimum Gasteiger partial charge on any atom is -0.691 e. The maximum atomic E-state index is 11.3. The monoisotopic (exact) mass is 208 g/mol. The van der Waals surface area contributed by atoms with E-state index >= 15 is 0 Å². The molecule has 0 saturated carbocycles. The van der Waals surface area contributed by atoms with Crippen LogP contribution < -0.4 is 10.6 Å². The van der Waals surface area contributed by atoms with E-state index in [4.69, 9.17) is 5.73 Å². The van der Waals surface area contributed by atoms with Crippen LogP contribution in [0.1, 0.15) is 0 Å². The number of aliphatic hydroxyl groups is 1. The summed E-state index contributed by atoms with van der Waals surface area (Å²) in [7, 11) is 0. The average molecular weight is 208 g/mol. The lowest BCUT2D eigenvalue weighted by atomic mass is 10.3. The number of aromatic nitrogens is 3. The summed E-state index contributed by atoms with van der Waals surface area (Å²) in [6.45, 7) is 0.374. The molecule has 0 aliphatic heterocycles. The molecule has 0 amide bonds. The highest BCUT2D eigenvalue weighted by Crippen LogP contribution is 2.08. The Labute approximate surface area is 86.1 Å². The van der Waals surface area contributed by atoms with Gasteiger partial charge in [0.25, 0.3) is 0 Å². The first-order chi connectivity index (χ1) is 7.22. The molecule has 1 aromatic heterocycles. The Morgan fingerprint density at radius 2 is 2.27 bits per heavy atom. The smallest absolute Gasteiger partial charge is 0.202 e. The molecule has 6 heteroatoms. The number of rotatable bonds is 3. The van der Waals surface area contributed by atoms with E-state index in [9.17, 15) is 10.3 Å². The summed E-state index contributed by atoms with van der Waals surface area (Å²) >= 11 is 0. The highest BCUT2D eigenvalue weighted by Gasteiger charge is 2.15. The normalized spacial score (nSPS) is 13.2. The number of aliphatic hydroxyl groups excluding tert-OH is 1. The summed E-state index contributed by atoms with van der Waals surface area (Å²) in [5.41, 5.74) is 6.48. The molecule has 1 heterocycles. The Balaban J connectivity index is 2.43. The zero-order chi connectivity index (χ0) is 10.8. The Kier molecular flexibility index (Phi) is 2.53. The van der Waals surface area contributed by atoms with E-state index in [0.29, 0.717) is 15.9 Å². The van der Waals surface area contributed by atoms with Gasteiger partial charge in [0.2, 0.25) is 5.52 Å². The molecule has 15 heavy (non-hydrogen) atoms. The predicted octanol–water partition coefficient (Wildman–Crippen LogP) is -1.01. The summed E-state index contributed by atoms with van der Waals surface area (Å²) in [5, 5.41) is 24.5. The van der Waals surface area contributed by atoms with Crippen LogP contribution in [0.15, 0.2) is 24.3 Å². The van der Waals surface area contributed by atoms with Crippen LogP contribution in [0.5, 0.6) is 0 Å². The third-order valence-electron chi connectivity index (χ3n) is 2.21. The van der Waals surface area contributed by atoms with Crippen molar-refractivity contribution < 1.29 is 9.95 Å². The van der Waals surface area contributed by atoms with Crippen molar-refractivity contribution >= 4 is 11.0 Å². The van der Waals surface area contributed by atoms with E-state index in [-0.39, 0.29) is 13.1 Å². The fraction of sp³-hybridized carbons (Fsp3) is 0.333. The van der Waals surface area contributed by atoms with Crippen molar-refractivity contribution in [2.45, 2.75) is 12.6 Å². The minimum atomic E-state index is -0.687. The van der Waals surface area contributed by atoms with E-state index in [1.165, 1.54) is 4.68 Å². The lowest BCUT2D eigenvalue weighted by Gasteiger charge is -2.02. The van der Waals surface area contributed by atoms with Crippen molar-refractivity contribution in [2.24, 2.45) is 5.73 Å². The van der Waals surface area contributed by atoms with Crippen LogP contribution >= 0.6 is 0 Å². The topological polar surface area (TPSA) is 91.0 Å². The Hall–Kier alpha value is -1.66. The molecule has 0 saturated heterocycles. The van der Waals surface area contributed by atoms with Crippen LogP contribution in [-0.2, 0) is 6.54 Å². The first kappa shape index (κ1) is 9.88. The molecule has 0 aliphatic carbocycles. The molecular formula is C9H12N4O2. The number of benzene rings is 1. The van der Waals surface area contributed by atoms with Gasteiger partial charge in [-0.1, -0.05) is 12.1 Å². The first-order valence-corrected chi connectivity index (χ1v) is 4.66. The van der Waals surface area contributed by atoms with Crippen LogP contribution in [0, 0.1) is 5.21 Å². The van der Waals surface area contributed by atoms with Crippen LogP contribution in [0.4, 0.5) is 0 Å². The maximum Gasteiger partial charge on any atom is 0.202 e. The average Bonchev–Trinajstić information content (AvgIpc) is 2.57. The third-order valence-corrected chi connectivity index (χ3v) is 2.21. The van der Waals surface area contributed by atoms with Gasteiger partial charge in [-0.3, -0.25) is 0 Å². The first-order valence-electron chi connectivity index (χ1n) is 4.66. The van der Waals surface area contributed by atoms with Gasteiger partial charge in [-0.15, -0.1) is 9.53 Å². The van der Waals surface area contributed by atoms with Crippen molar-refractivity contribution in [3.05, 3.63) is 29.5 Å². The van der Waals surface area contributed by atoms with Gasteiger partial charge in [-0.05, 0) is 12.1 Å². The van der Waals surface area contributed by atoms with Crippen LogP contribution in [0.2, 0.25) is 0 Å². The Morgan fingerprint density at radius 3 is 3.00 bits per heavy atom. The van der Waals surface area contributed by atoms with E-state index in [1.54, 1.807) is 18.2 Å². The largest absolute Gasteiger partial charge is 0.691 e. The van der Waals surface area contributed by atoms with E-state index in [0.717, 1.165) is 0 Å². The van der Waals surface area contributed by atoms with E-state index < -0.39 is 6.10 Å². The van der Waals surface area contributed by atoms with Crippen molar-refractivity contribution in [2.75, 3.05) is 6.54 Å². The zero-order valence-corrected chi connectivity index (χ0v) is 8.08. The van der Waals surface area contributed by atoms with Crippen LogP contribution in [-0.4, -0.2) is 27.7 Å². The number of nitrogens with zero attached hydrogens (tertiary/aromatic N) is 3. The quantitative estimate of drug-likeness (QED) is 0.499. The summed E-state index contributed by atoms with van der Waals surface area (Å²) in [6.07, 6.45) is -0.687. The Bertz CT molecular complexity index is 468. The molecule has 1 aromatic carbocycles. The van der Waals surface area contributed by atoms with Crippen LogP contribution in [0.3, 0.4) is 0 Å². The van der Waals surface area contributed by atoms with Crippen molar-refractivity contribution in [1.82, 2.24) is 9.90 Å². The van der Waals surface area contributed by atoms with Gasteiger partial charge in [-0.25, -0.2) is 0 Å². The van der Waals surface area contributed by atoms with E-state index in [2.05, 4.69) is 5.21 Å². The number of nitrogens with two attached hydrogens (primary N) is 1. The molecule has 2 rings (SSSR count). The molecule has 80 valence electrons. The molecule has 0 aliphatic rings. The van der Waals surface area contributed by atoms with Gasteiger partial charge in [-0.2, -0.15) is 0 Å². The maximum absolute atomic E-state index is 11.3. The number of hydrogen-bond donors (Lipinski definition) is 2. The molecule has 6 nitrogen and oxygen atoms in total. The van der Waals surface area contributed by atoms with Crippen molar-refractivity contribution in [3.63, 3.8) is 0 Å². The second-order valence-electron chi connectivity index (χ2n) is 3.32. The summed E-state index contributed by atoms with van der Waals surface area (Å²) in [5.74, 6) is 0. The highest BCUT2D eigenvalue weighted by molar-refractivity contribution is 5.70. The lowest BCUT2D eigenvalue weighted by molar-refractivity contribution is -0.646. The predicted molar refractivity (Wildman–Crippen MR) is 53.8 cm³/mol. The second-order valence-corrected chi connectivity index (χ2v) is 3.32. The van der Waals surface area contributed by atoms with Gasteiger partial charge in [0.1, 0.15) is 12.6 Å². The van der Waals surface area contributed by atoms with E-state index in [1.807, 2.05) is 6.07 Å².